The van der Waals surface area contributed by atoms with Gasteiger partial charge in [-0.25, -0.2) is 4.39 Å². The van der Waals surface area contributed by atoms with Gasteiger partial charge in [-0.05, 0) is 48.2 Å². The summed E-state index contributed by atoms with van der Waals surface area (Å²) in [7, 11) is 0. The molecule has 0 heterocycles. The van der Waals surface area contributed by atoms with E-state index in [4.69, 9.17) is 23.2 Å². The van der Waals surface area contributed by atoms with Crippen LogP contribution in [0.4, 0.5) is 4.39 Å². The standard InChI is InChI=1S/C22H19Cl2FO/c1-14(26)19(11-15-7-10-20(23)21(24)12-15)17-8-9-18(22(25)13-17)16-5-3-2-4-6-16/h2-10,12-14,19,26H,11H2,1H3. The zero-order valence-electron chi connectivity index (χ0n) is 14.3. The molecule has 0 fully saturated rings. The normalized spacial score (nSPS) is 13.4. The van der Waals surface area contributed by atoms with Crippen molar-refractivity contribution in [3.63, 3.8) is 0 Å². The van der Waals surface area contributed by atoms with Crippen LogP contribution in [0.15, 0.2) is 66.7 Å². The van der Waals surface area contributed by atoms with Crippen LogP contribution in [-0.2, 0) is 6.42 Å². The molecule has 1 nitrogen and oxygen atoms in total. The molecule has 0 aromatic heterocycles. The topological polar surface area (TPSA) is 20.2 Å². The van der Waals surface area contributed by atoms with E-state index in [0.717, 1.165) is 16.7 Å². The van der Waals surface area contributed by atoms with E-state index in [9.17, 15) is 9.50 Å². The Kier molecular flexibility index (Phi) is 5.98. The van der Waals surface area contributed by atoms with Crippen LogP contribution in [0.1, 0.15) is 24.0 Å². The third kappa shape index (κ3) is 4.27. The Balaban J connectivity index is 1.91. The first-order chi connectivity index (χ1) is 12.5. The summed E-state index contributed by atoms with van der Waals surface area (Å²) in [5.41, 5.74) is 3.07. The van der Waals surface area contributed by atoms with Crippen LogP contribution in [0.25, 0.3) is 11.1 Å². The Morgan fingerprint density at radius 2 is 1.65 bits per heavy atom. The summed E-state index contributed by atoms with van der Waals surface area (Å²) in [6.45, 7) is 1.71. The minimum atomic E-state index is -0.633. The summed E-state index contributed by atoms with van der Waals surface area (Å²) < 4.78 is 14.7. The Morgan fingerprint density at radius 3 is 2.27 bits per heavy atom. The van der Waals surface area contributed by atoms with Gasteiger partial charge >= 0.3 is 0 Å². The molecule has 3 rings (SSSR count). The van der Waals surface area contributed by atoms with E-state index in [1.165, 1.54) is 6.07 Å². The summed E-state index contributed by atoms with van der Waals surface area (Å²) in [5, 5.41) is 11.2. The second-order valence-corrected chi connectivity index (χ2v) is 7.22. The van der Waals surface area contributed by atoms with E-state index < -0.39 is 6.10 Å². The second kappa shape index (κ2) is 8.22. The largest absolute Gasteiger partial charge is 0.393 e. The highest BCUT2D eigenvalue weighted by molar-refractivity contribution is 6.42. The Bertz CT molecular complexity index is 894. The molecule has 3 aromatic carbocycles. The fourth-order valence-electron chi connectivity index (χ4n) is 3.10. The maximum Gasteiger partial charge on any atom is 0.131 e. The number of aliphatic hydroxyl groups is 1. The lowest BCUT2D eigenvalue weighted by molar-refractivity contribution is 0.161. The highest BCUT2D eigenvalue weighted by Gasteiger charge is 2.20. The van der Waals surface area contributed by atoms with E-state index in [2.05, 4.69) is 0 Å². The number of hydrogen-bond acceptors (Lipinski definition) is 1. The first-order valence-electron chi connectivity index (χ1n) is 8.42. The molecule has 0 saturated heterocycles. The molecule has 4 heteroatoms. The lowest BCUT2D eigenvalue weighted by Gasteiger charge is -2.21. The van der Waals surface area contributed by atoms with E-state index in [-0.39, 0.29) is 11.7 Å². The van der Waals surface area contributed by atoms with E-state index >= 15 is 0 Å². The highest BCUT2D eigenvalue weighted by atomic mass is 35.5. The Hall–Kier alpha value is -1.87. The fraction of sp³-hybridized carbons (Fsp3) is 0.182. The van der Waals surface area contributed by atoms with Crippen LogP contribution in [0.2, 0.25) is 10.0 Å². The van der Waals surface area contributed by atoms with Gasteiger partial charge in [0.05, 0.1) is 16.1 Å². The van der Waals surface area contributed by atoms with Gasteiger partial charge in [-0.15, -0.1) is 0 Å². The van der Waals surface area contributed by atoms with Gasteiger partial charge in [0.15, 0.2) is 0 Å². The van der Waals surface area contributed by atoms with E-state index in [1.807, 2.05) is 42.5 Å². The van der Waals surface area contributed by atoms with Crippen molar-refractivity contribution in [2.45, 2.75) is 25.4 Å². The lowest BCUT2D eigenvalue weighted by atomic mass is 9.87. The first-order valence-corrected chi connectivity index (χ1v) is 9.18. The zero-order valence-corrected chi connectivity index (χ0v) is 15.8. The lowest BCUT2D eigenvalue weighted by Crippen LogP contribution is -2.17. The predicted octanol–water partition coefficient (Wildman–Crippen LogP) is 6.51. The third-order valence-electron chi connectivity index (χ3n) is 4.53. The van der Waals surface area contributed by atoms with Crippen LogP contribution < -0.4 is 0 Å². The zero-order chi connectivity index (χ0) is 18.7. The SMILES string of the molecule is CC(O)C(Cc1ccc(Cl)c(Cl)c1)c1ccc(-c2ccccc2)c(F)c1. The molecule has 134 valence electrons. The quantitative estimate of drug-likeness (QED) is 0.528. The molecule has 0 aliphatic carbocycles. The maximum atomic E-state index is 14.7. The maximum absolute atomic E-state index is 14.7. The van der Waals surface area contributed by atoms with Crippen molar-refractivity contribution in [2.75, 3.05) is 0 Å². The van der Waals surface area contributed by atoms with Crippen molar-refractivity contribution >= 4 is 23.2 Å². The molecule has 0 aliphatic rings. The molecule has 0 bridgehead atoms. The molecule has 0 radical (unpaired) electrons. The van der Waals surface area contributed by atoms with Gasteiger partial charge in [-0.2, -0.15) is 0 Å². The van der Waals surface area contributed by atoms with Gasteiger partial charge in [0, 0.05) is 11.5 Å². The fourth-order valence-corrected chi connectivity index (χ4v) is 3.42. The van der Waals surface area contributed by atoms with E-state index in [1.54, 1.807) is 25.1 Å². The van der Waals surface area contributed by atoms with Gasteiger partial charge in [0.1, 0.15) is 5.82 Å². The van der Waals surface area contributed by atoms with Gasteiger partial charge in [-0.3, -0.25) is 0 Å². The summed E-state index contributed by atoms with van der Waals surface area (Å²) in [5.74, 6) is -0.542. The highest BCUT2D eigenvalue weighted by Crippen LogP contribution is 2.31. The molecule has 2 unspecified atom stereocenters. The molecular weight excluding hydrogens is 370 g/mol. The number of halogens is 3. The van der Waals surface area contributed by atoms with Crippen LogP contribution >= 0.6 is 23.2 Å². The minimum absolute atomic E-state index is 0.244. The molecule has 0 spiro atoms. The van der Waals surface area contributed by atoms with Crippen LogP contribution in [0.5, 0.6) is 0 Å². The van der Waals surface area contributed by atoms with Crippen molar-refractivity contribution in [3.8, 4) is 11.1 Å². The predicted molar refractivity (Wildman–Crippen MR) is 106 cm³/mol. The number of benzene rings is 3. The smallest absolute Gasteiger partial charge is 0.131 e. The average Bonchev–Trinajstić information content (AvgIpc) is 2.63. The summed E-state index contributed by atoms with van der Waals surface area (Å²) in [6.07, 6.45) is -0.0926. The second-order valence-electron chi connectivity index (χ2n) is 6.40. The number of hydrogen-bond donors (Lipinski definition) is 1. The van der Waals surface area contributed by atoms with Crippen LogP contribution in [0.3, 0.4) is 0 Å². The van der Waals surface area contributed by atoms with Gasteiger partial charge in [0.25, 0.3) is 0 Å². The Labute approximate surface area is 163 Å². The van der Waals surface area contributed by atoms with Crippen molar-refractivity contribution in [1.82, 2.24) is 0 Å². The molecule has 2 atom stereocenters. The van der Waals surface area contributed by atoms with Crippen LogP contribution in [0, 0.1) is 5.82 Å². The Morgan fingerprint density at radius 1 is 0.923 bits per heavy atom. The van der Waals surface area contributed by atoms with Crippen molar-refractivity contribution in [1.29, 1.82) is 0 Å². The molecule has 26 heavy (non-hydrogen) atoms. The van der Waals surface area contributed by atoms with Crippen molar-refractivity contribution in [2.24, 2.45) is 0 Å². The van der Waals surface area contributed by atoms with Crippen LogP contribution in [-0.4, -0.2) is 11.2 Å². The number of rotatable bonds is 5. The summed E-state index contributed by atoms with van der Waals surface area (Å²) >= 11 is 12.0. The van der Waals surface area contributed by atoms with Crippen molar-refractivity contribution < 1.29 is 9.50 Å². The molecule has 0 saturated carbocycles. The average molecular weight is 389 g/mol. The monoisotopic (exact) mass is 388 g/mol. The minimum Gasteiger partial charge on any atom is -0.393 e. The van der Waals surface area contributed by atoms with E-state index in [0.29, 0.717) is 22.0 Å². The molecule has 3 aromatic rings. The molecule has 0 amide bonds. The molecule has 1 N–H and O–H groups in total. The third-order valence-corrected chi connectivity index (χ3v) is 5.27. The summed E-state index contributed by atoms with van der Waals surface area (Å²) in [6, 6.07) is 20.0. The van der Waals surface area contributed by atoms with Crippen molar-refractivity contribution in [3.05, 3.63) is 93.7 Å². The van der Waals surface area contributed by atoms with Gasteiger partial charge in [-0.1, -0.05) is 71.7 Å². The first kappa shape index (κ1) is 18.9. The molecule has 0 aliphatic heterocycles. The summed E-state index contributed by atoms with van der Waals surface area (Å²) in [4.78, 5) is 0. The van der Waals surface area contributed by atoms with Gasteiger partial charge in [0.2, 0.25) is 0 Å². The van der Waals surface area contributed by atoms with Gasteiger partial charge < -0.3 is 5.11 Å². The number of aliphatic hydroxyl groups excluding tert-OH is 1. The molecular formula is C22H19Cl2FO.